The first kappa shape index (κ1) is 15.7. The summed E-state index contributed by atoms with van der Waals surface area (Å²) in [6.45, 7) is 0. The number of fused-ring (bicyclic) bond motifs is 1. The number of benzene rings is 2. The van der Waals surface area contributed by atoms with E-state index < -0.39 is 35.2 Å². The van der Waals surface area contributed by atoms with Gasteiger partial charge in [0.2, 0.25) is 0 Å². The molecule has 0 saturated carbocycles. The van der Waals surface area contributed by atoms with Gasteiger partial charge in [0.25, 0.3) is 11.8 Å². The van der Waals surface area contributed by atoms with Crippen molar-refractivity contribution < 1.29 is 32.7 Å². The number of hydrogen-bond donors (Lipinski definition) is 0. The van der Waals surface area contributed by atoms with E-state index in [-0.39, 0.29) is 16.7 Å². The molecule has 0 spiro atoms. The molecule has 2 amide bonds. The third-order valence-electron chi connectivity index (χ3n) is 3.57. The molecule has 0 saturated heterocycles. The number of alkyl halides is 3. The van der Waals surface area contributed by atoms with Gasteiger partial charge in [0.05, 0.1) is 28.3 Å². The van der Waals surface area contributed by atoms with Crippen LogP contribution in [0.3, 0.4) is 0 Å². The summed E-state index contributed by atoms with van der Waals surface area (Å²) in [4.78, 5) is 36.0. The number of carbonyl (C=O) groups excluding carboxylic acids is 3. The molecule has 0 N–H and O–H groups in total. The van der Waals surface area contributed by atoms with Gasteiger partial charge in [-0.05, 0) is 29.8 Å². The number of halogens is 3. The van der Waals surface area contributed by atoms with E-state index >= 15 is 0 Å². The van der Waals surface area contributed by atoms with Gasteiger partial charge in [-0.1, -0.05) is 18.2 Å². The van der Waals surface area contributed by atoms with Crippen LogP contribution in [0.1, 0.15) is 36.6 Å². The molecule has 122 valence electrons. The van der Waals surface area contributed by atoms with Crippen molar-refractivity contribution in [2.75, 3.05) is 4.90 Å². The first-order valence-corrected chi connectivity index (χ1v) is 6.62. The van der Waals surface area contributed by atoms with Crippen LogP contribution in [0.5, 0.6) is 0 Å². The summed E-state index contributed by atoms with van der Waals surface area (Å²) in [6, 6.07) is 7.21. The Morgan fingerprint density at radius 3 is 2.21 bits per heavy atom. The van der Waals surface area contributed by atoms with Crippen LogP contribution in [0, 0.1) is 0 Å². The summed E-state index contributed by atoms with van der Waals surface area (Å²) in [6.07, 6.45) is -4.76. The molecule has 8 heteroatoms. The maximum absolute atomic E-state index is 13.1. The highest BCUT2D eigenvalue weighted by atomic mass is 19.4. The number of imide groups is 1. The highest BCUT2D eigenvalue weighted by Gasteiger charge is 2.42. The zero-order chi connectivity index (χ0) is 17.6. The highest BCUT2D eigenvalue weighted by Crippen LogP contribution is 2.39. The van der Waals surface area contributed by atoms with Gasteiger partial charge in [-0.25, -0.2) is 4.90 Å². The van der Waals surface area contributed by atoms with E-state index in [9.17, 15) is 32.7 Å². The van der Waals surface area contributed by atoms with Crippen LogP contribution < -0.4 is 10.0 Å². The lowest BCUT2D eigenvalue weighted by Crippen LogP contribution is -2.31. The molecule has 1 aliphatic heterocycles. The van der Waals surface area contributed by atoms with Gasteiger partial charge in [0.1, 0.15) is 0 Å². The number of hydrogen-bond acceptors (Lipinski definition) is 4. The molecule has 1 aliphatic rings. The molecule has 0 unspecified atom stereocenters. The van der Waals surface area contributed by atoms with E-state index in [4.69, 9.17) is 0 Å². The molecule has 1 heterocycles. The number of anilines is 1. The molecular weight excluding hydrogens is 327 g/mol. The largest absolute Gasteiger partial charge is 0.545 e. The quantitative estimate of drug-likeness (QED) is 0.786. The van der Waals surface area contributed by atoms with E-state index in [0.29, 0.717) is 4.90 Å². The van der Waals surface area contributed by atoms with Crippen LogP contribution in [0.4, 0.5) is 18.9 Å². The van der Waals surface area contributed by atoms with E-state index in [2.05, 4.69) is 0 Å². The zero-order valence-corrected chi connectivity index (χ0v) is 11.8. The van der Waals surface area contributed by atoms with Crippen LogP contribution in [-0.4, -0.2) is 17.8 Å². The van der Waals surface area contributed by atoms with Gasteiger partial charge < -0.3 is 9.90 Å². The van der Waals surface area contributed by atoms with Crippen molar-refractivity contribution in [1.29, 1.82) is 0 Å². The molecule has 0 radical (unpaired) electrons. The van der Waals surface area contributed by atoms with Crippen molar-refractivity contribution in [2.24, 2.45) is 0 Å². The molecule has 3 rings (SSSR count). The van der Waals surface area contributed by atoms with E-state index in [1.807, 2.05) is 0 Å². The third kappa shape index (κ3) is 2.32. The molecule has 2 aromatic rings. The van der Waals surface area contributed by atoms with Crippen molar-refractivity contribution in [1.82, 2.24) is 0 Å². The minimum Gasteiger partial charge on any atom is -0.545 e. The molecular formula is C16H7F3NO4-. The minimum atomic E-state index is -4.76. The van der Waals surface area contributed by atoms with Gasteiger partial charge in [0.15, 0.2) is 0 Å². The monoisotopic (exact) mass is 334 g/mol. The van der Waals surface area contributed by atoms with E-state index in [1.165, 1.54) is 6.07 Å². The van der Waals surface area contributed by atoms with Crippen LogP contribution in [0.15, 0.2) is 42.5 Å². The summed E-state index contributed by atoms with van der Waals surface area (Å²) in [5.74, 6) is -3.53. The van der Waals surface area contributed by atoms with Gasteiger partial charge in [0, 0.05) is 0 Å². The number of para-hydroxylation sites is 1. The Morgan fingerprint density at radius 1 is 0.958 bits per heavy atom. The van der Waals surface area contributed by atoms with Crippen LogP contribution in [0.2, 0.25) is 0 Å². The van der Waals surface area contributed by atoms with Crippen molar-refractivity contribution in [3.63, 3.8) is 0 Å². The minimum absolute atomic E-state index is 0.165. The maximum Gasteiger partial charge on any atom is 0.418 e. The van der Waals surface area contributed by atoms with Crippen LogP contribution in [0.25, 0.3) is 0 Å². The fourth-order valence-corrected chi connectivity index (χ4v) is 2.49. The first-order valence-electron chi connectivity index (χ1n) is 6.62. The number of carbonyl (C=O) groups is 3. The van der Waals surface area contributed by atoms with Crippen molar-refractivity contribution >= 4 is 23.5 Å². The van der Waals surface area contributed by atoms with Crippen molar-refractivity contribution in [2.45, 2.75) is 6.18 Å². The summed E-state index contributed by atoms with van der Waals surface area (Å²) in [7, 11) is 0. The average Bonchev–Trinajstić information content (AvgIpc) is 2.77. The molecule has 0 aliphatic carbocycles. The fraction of sp³-hybridized carbons (Fsp3) is 0.0625. The Morgan fingerprint density at radius 2 is 1.58 bits per heavy atom. The second-order valence-corrected chi connectivity index (χ2v) is 5.01. The maximum atomic E-state index is 13.1. The SMILES string of the molecule is O=C([O-])c1ccc2c(c1)C(=O)N(c1ccccc1C(F)(F)F)C2=O. The van der Waals surface area contributed by atoms with Crippen LogP contribution >= 0.6 is 0 Å². The summed E-state index contributed by atoms with van der Waals surface area (Å²) >= 11 is 0. The summed E-state index contributed by atoms with van der Waals surface area (Å²) in [5.41, 5.74) is -2.53. The highest BCUT2D eigenvalue weighted by molar-refractivity contribution is 6.34. The predicted molar refractivity (Wildman–Crippen MR) is 73.4 cm³/mol. The summed E-state index contributed by atoms with van der Waals surface area (Å²) < 4.78 is 39.4. The topological polar surface area (TPSA) is 77.5 Å². The predicted octanol–water partition coefficient (Wildman–Crippen LogP) is 1.87. The van der Waals surface area contributed by atoms with Crippen molar-refractivity contribution in [3.05, 3.63) is 64.7 Å². The Balaban J connectivity index is 2.15. The van der Waals surface area contributed by atoms with Gasteiger partial charge in [-0.15, -0.1) is 0 Å². The molecule has 0 aromatic heterocycles. The smallest absolute Gasteiger partial charge is 0.418 e. The third-order valence-corrected chi connectivity index (χ3v) is 3.57. The molecule has 5 nitrogen and oxygen atoms in total. The lowest BCUT2D eigenvalue weighted by molar-refractivity contribution is -0.255. The number of rotatable bonds is 2. The van der Waals surface area contributed by atoms with E-state index in [1.54, 1.807) is 0 Å². The van der Waals surface area contributed by atoms with Crippen molar-refractivity contribution in [3.8, 4) is 0 Å². The Bertz CT molecular complexity index is 889. The average molecular weight is 334 g/mol. The molecule has 0 atom stereocenters. The summed E-state index contributed by atoms with van der Waals surface area (Å²) in [5, 5.41) is 10.9. The van der Waals surface area contributed by atoms with Gasteiger partial charge >= 0.3 is 6.18 Å². The van der Waals surface area contributed by atoms with E-state index in [0.717, 1.165) is 36.4 Å². The molecule has 2 aromatic carbocycles. The normalized spacial score (nSPS) is 14.0. The number of aromatic carboxylic acids is 1. The number of amides is 2. The lowest BCUT2D eigenvalue weighted by atomic mass is 10.1. The Kier molecular flexibility index (Phi) is 3.40. The van der Waals surface area contributed by atoms with Gasteiger partial charge in [-0.2, -0.15) is 13.2 Å². The zero-order valence-electron chi connectivity index (χ0n) is 11.8. The van der Waals surface area contributed by atoms with Gasteiger partial charge in [-0.3, -0.25) is 9.59 Å². The fourth-order valence-electron chi connectivity index (χ4n) is 2.49. The first-order chi connectivity index (χ1) is 11.2. The second kappa shape index (κ2) is 5.19. The molecule has 0 fully saturated rings. The van der Waals surface area contributed by atoms with Crippen LogP contribution in [-0.2, 0) is 6.18 Å². The number of carboxylic acids is 1. The number of carboxylic acid groups (broad SMARTS) is 1. The lowest BCUT2D eigenvalue weighted by Gasteiger charge is -2.19. The Labute approximate surface area is 132 Å². The Hall–Kier alpha value is -3.16. The second-order valence-electron chi connectivity index (χ2n) is 5.01. The molecule has 24 heavy (non-hydrogen) atoms. The standard InChI is InChI=1S/C16H8F3NO4/c17-16(18,19)11-3-1-2-4-12(11)20-13(21)9-6-5-8(15(23)24)7-10(9)14(20)22/h1-7H,(H,23,24)/p-1. The molecule has 0 bridgehead atoms. The number of nitrogens with zero attached hydrogens (tertiary/aromatic N) is 1.